The summed E-state index contributed by atoms with van der Waals surface area (Å²) in [6.45, 7) is 7.09. The fraction of sp³-hybridized carbons (Fsp3) is 0.536. The first kappa shape index (κ1) is 30.5. The molecule has 2 rings (SSSR count). The van der Waals surface area contributed by atoms with Gasteiger partial charge in [0.25, 0.3) is 5.09 Å². The fourth-order valence-electron chi connectivity index (χ4n) is 4.34. The summed E-state index contributed by atoms with van der Waals surface area (Å²) in [6, 6.07) is 13.6. The molecular formula is C28H39N3O7. The lowest BCUT2D eigenvalue weighted by Crippen LogP contribution is -2.47. The molecule has 0 aliphatic carbocycles. The van der Waals surface area contributed by atoms with Crippen LogP contribution in [0.4, 0.5) is 0 Å². The first-order chi connectivity index (χ1) is 18.2. The molecule has 0 spiro atoms. The van der Waals surface area contributed by atoms with Crippen LogP contribution in [-0.2, 0) is 17.7 Å². The van der Waals surface area contributed by atoms with Crippen molar-refractivity contribution in [2.45, 2.75) is 52.2 Å². The van der Waals surface area contributed by atoms with Crippen LogP contribution in [0.3, 0.4) is 0 Å². The van der Waals surface area contributed by atoms with Gasteiger partial charge in [-0.2, -0.15) is 5.26 Å². The number of nitrogens with zero attached hydrogens (tertiary/aromatic N) is 3. The molecule has 0 aromatic heterocycles. The molecule has 0 aliphatic heterocycles. The van der Waals surface area contributed by atoms with Crippen molar-refractivity contribution < 1.29 is 28.9 Å². The van der Waals surface area contributed by atoms with E-state index in [2.05, 4.69) is 43.6 Å². The third-order valence-corrected chi connectivity index (χ3v) is 6.31. The maximum atomic E-state index is 10.4. The van der Waals surface area contributed by atoms with Crippen LogP contribution in [0.25, 0.3) is 0 Å². The van der Waals surface area contributed by atoms with Crippen LogP contribution in [-0.4, -0.2) is 63.2 Å². The largest absolute Gasteiger partial charge is 0.493 e. The van der Waals surface area contributed by atoms with Crippen LogP contribution in [0.15, 0.2) is 36.4 Å². The molecule has 0 heterocycles. The summed E-state index contributed by atoms with van der Waals surface area (Å²) in [5.41, 5.74) is 1.93. The Hall–Kier alpha value is -3.71. The molecule has 0 fully saturated rings. The number of benzene rings is 2. The second-order valence-corrected chi connectivity index (χ2v) is 9.24. The Balaban J connectivity index is 2.11. The Bertz CT molecular complexity index is 1070. The number of hydrogen-bond donors (Lipinski definition) is 0. The van der Waals surface area contributed by atoms with Crippen molar-refractivity contribution in [2.24, 2.45) is 5.92 Å². The van der Waals surface area contributed by atoms with Crippen LogP contribution in [0.1, 0.15) is 38.3 Å². The Labute approximate surface area is 225 Å². The van der Waals surface area contributed by atoms with Gasteiger partial charge in [0.05, 0.1) is 26.7 Å². The fourth-order valence-corrected chi connectivity index (χ4v) is 4.34. The van der Waals surface area contributed by atoms with E-state index in [1.807, 2.05) is 36.4 Å². The minimum absolute atomic E-state index is 0.0347. The minimum atomic E-state index is -0.842. The molecule has 38 heavy (non-hydrogen) atoms. The molecule has 208 valence electrons. The lowest BCUT2D eigenvalue weighted by Gasteiger charge is -2.36. The topological polar surface area (TPSA) is 116 Å². The summed E-state index contributed by atoms with van der Waals surface area (Å²) in [5, 5.41) is 18.5. The van der Waals surface area contributed by atoms with Crippen LogP contribution in [0, 0.1) is 27.4 Å². The zero-order valence-electron chi connectivity index (χ0n) is 23.1. The SMILES string of the molecule is CCC(C(Oc1ccc(CC#N)cc1OC)C(C)C)N(C)CCc1ccc(OC)c(OCCO[N+](=O)[O-])c1. The Kier molecular flexibility index (Phi) is 12.5. The Morgan fingerprint density at radius 3 is 2.26 bits per heavy atom. The van der Waals surface area contributed by atoms with Gasteiger partial charge in [-0.05, 0) is 61.2 Å². The van der Waals surface area contributed by atoms with Crippen molar-refractivity contribution in [2.75, 3.05) is 41.0 Å². The van der Waals surface area contributed by atoms with Crippen LogP contribution < -0.4 is 18.9 Å². The lowest BCUT2D eigenvalue weighted by molar-refractivity contribution is -0.757. The smallest absolute Gasteiger partial charge is 0.294 e. The number of hydrogen-bond acceptors (Lipinski definition) is 9. The highest BCUT2D eigenvalue weighted by molar-refractivity contribution is 5.44. The number of nitriles is 1. The van der Waals surface area contributed by atoms with Crippen molar-refractivity contribution in [1.29, 1.82) is 5.26 Å². The maximum absolute atomic E-state index is 10.4. The summed E-state index contributed by atoms with van der Waals surface area (Å²) < 4.78 is 23.1. The van der Waals surface area contributed by atoms with Gasteiger partial charge in [-0.3, -0.25) is 4.90 Å². The van der Waals surface area contributed by atoms with Gasteiger partial charge in [-0.15, -0.1) is 10.1 Å². The third-order valence-electron chi connectivity index (χ3n) is 6.31. The first-order valence-electron chi connectivity index (χ1n) is 12.7. The molecular weight excluding hydrogens is 490 g/mol. The zero-order chi connectivity index (χ0) is 28.1. The normalized spacial score (nSPS) is 12.5. The maximum Gasteiger partial charge on any atom is 0.294 e. The zero-order valence-corrected chi connectivity index (χ0v) is 23.1. The van der Waals surface area contributed by atoms with Gasteiger partial charge in [-0.25, -0.2) is 0 Å². The van der Waals surface area contributed by atoms with Gasteiger partial charge in [0.15, 0.2) is 23.0 Å². The first-order valence-corrected chi connectivity index (χ1v) is 12.7. The summed E-state index contributed by atoms with van der Waals surface area (Å²) >= 11 is 0. The van der Waals surface area contributed by atoms with Gasteiger partial charge in [-0.1, -0.05) is 32.9 Å². The second kappa shape index (κ2) is 15.5. The van der Waals surface area contributed by atoms with Gasteiger partial charge in [0.2, 0.25) is 0 Å². The average Bonchev–Trinajstić information content (AvgIpc) is 2.90. The molecule has 0 aliphatic rings. The van der Waals surface area contributed by atoms with E-state index in [1.54, 1.807) is 14.2 Å². The van der Waals surface area contributed by atoms with Gasteiger partial charge >= 0.3 is 0 Å². The predicted molar refractivity (Wildman–Crippen MR) is 143 cm³/mol. The monoisotopic (exact) mass is 529 g/mol. The molecule has 0 N–H and O–H groups in total. The van der Waals surface area contributed by atoms with Gasteiger partial charge in [0.1, 0.15) is 19.3 Å². The Morgan fingerprint density at radius 1 is 1.00 bits per heavy atom. The van der Waals surface area contributed by atoms with Crippen molar-refractivity contribution in [3.8, 4) is 29.1 Å². The average molecular weight is 530 g/mol. The molecule has 0 amide bonds. The van der Waals surface area contributed by atoms with Crippen LogP contribution >= 0.6 is 0 Å². The van der Waals surface area contributed by atoms with E-state index in [9.17, 15) is 10.1 Å². The van der Waals surface area contributed by atoms with Gasteiger partial charge in [0, 0.05) is 12.6 Å². The molecule has 2 aromatic rings. The van der Waals surface area contributed by atoms with E-state index in [-0.39, 0.29) is 31.3 Å². The summed E-state index contributed by atoms with van der Waals surface area (Å²) in [4.78, 5) is 17.0. The van der Waals surface area contributed by atoms with E-state index in [0.29, 0.717) is 29.4 Å². The number of ether oxygens (including phenoxy) is 4. The molecule has 2 unspecified atom stereocenters. The Morgan fingerprint density at radius 2 is 1.66 bits per heavy atom. The minimum Gasteiger partial charge on any atom is -0.493 e. The van der Waals surface area contributed by atoms with Crippen molar-refractivity contribution >= 4 is 0 Å². The molecule has 2 aromatic carbocycles. The molecule has 0 saturated carbocycles. The summed E-state index contributed by atoms with van der Waals surface area (Å²) in [5.74, 6) is 2.60. The number of likely N-dealkylation sites (N-methyl/N-ethyl adjacent to an activating group) is 1. The molecule has 0 radical (unpaired) electrons. The van der Waals surface area contributed by atoms with E-state index in [1.165, 1.54) is 0 Å². The molecule has 0 saturated heterocycles. The quantitative estimate of drug-likeness (QED) is 0.163. The predicted octanol–water partition coefficient (Wildman–Crippen LogP) is 4.71. The highest BCUT2D eigenvalue weighted by atomic mass is 17.0. The third kappa shape index (κ3) is 8.99. The van der Waals surface area contributed by atoms with E-state index >= 15 is 0 Å². The lowest BCUT2D eigenvalue weighted by atomic mass is 9.95. The molecule has 10 heteroatoms. The highest BCUT2D eigenvalue weighted by Gasteiger charge is 2.29. The van der Waals surface area contributed by atoms with E-state index in [0.717, 1.165) is 30.5 Å². The second-order valence-electron chi connectivity index (χ2n) is 9.24. The van der Waals surface area contributed by atoms with Crippen molar-refractivity contribution in [3.63, 3.8) is 0 Å². The molecule has 10 nitrogen and oxygen atoms in total. The molecule has 0 bridgehead atoms. The van der Waals surface area contributed by atoms with E-state index in [4.69, 9.17) is 24.2 Å². The number of rotatable bonds is 17. The summed E-state index contributed by atoms with van der Waals surface area (Å²) in [7, 11) is 5.25. The molecule has 2 atom stereocenters. The van der Waals surface area contributed by atoms with Crippen molar-refractivity contribution in [3.05, 3.63) is 57.6 Å². The van der Waals surface area contributed by atoms with E-state index < -0.39 is 5.09 Å². The van der Waals surface area contributed by atoms with Gasteiger partial charge < -0.3 is 23.8 Å². The van der Waals surface area contributed by atoms with Crippen molar-refractivity contribution in [1.82, 2.24) is 4.90 Å². The summed E-state index contributed by atoms with van der Waals surface area (Å²) in [6.07, 6.45) is 1.88. The van der Waals surface area contributed by atoms with Crippen LogP contribution in [0.5, 0.6) is 23.0 Å². The standard InChI is InChI=1S/C28H39N3O7/c1-7-23(28(20(2)3)38-25-11-9-21(12-14-29)18-26(25)35-6)30(4)15-13-22-8-10-24(34-5)27(19-22)36-16-17-37-31(32)33/h8-11,18-20,23,28H,7,12-13,15-17H2,1-6H3. The highest BCUT2D eigenvalue weighted by Crippen LogP contribution is 2.32. The number of methoxy groups -OCH3 is 2. The van der Waals surface area contributed by atoms with Crippen LogP contribution in [0.2, 0.25) is 0 Å².